The summed E-state index contributed by atoms with van der Waals surface area (Å²) in [7, 11) is 0. The Labute approximate surface area is 83.9 Å². The van der Waals surface area contributed by atoms with Crippen LogP contribution in [-0.4, -0.2) is 5.78 Å². The molecule has 0 aliphatic heterocycles. The van der Waals surface area contributed by atoms with Crippen LogP contribution in [0.2, 0.25) is 0 Å². The summed E-state index contributed by atoms with van der Waals surface area (Å²) in [6.07, 6.45) is 0.307. The van der Waals surface area contributed by atoms with Gasteiger partial charge in [-0.25, -0.2) is 4.39 Å². The molecule has 0 unspecified atom stereocenters. The molecule has 0 aromatic heterocycles. The summed E-state index contributed by atoms with van der Waals surface area (Å²) in [4.78, 5) is 11.6. The molecular weight excluding hydrogens is 179 g/mol. The number of benzene rings is 1. The van der Waals surface area contributed by atoms with Gasteiger partial charge < -0.3 is 0 Å². The molecule has 76 valence electrons. The highest BCUT2D eigenvalue weighted by Crippen LogP contribution is 2.18. The lowest BCUT2D eigenvalue weighted by Crippen LogP contribution is -2.22. The van der Waals surface area contributed by atoms with Gasteiger partial charge in [0.05, 0.1) is 0 Å². The van der Waals surface area contributed by atoms with E-state index in [9.17, 15) is 9.18 Å². The van der Waals surface area contributed by atoms with Crippen LogP contribution in [0.15, 0.2) is 24.3 Å². The molecule has 1 nitrogen and oxygen atoms in total. The predicted molar refractivity (Wildman–Crippen MR) is 54.6 cm³/mol. The van der Waals surface area contributed by atoms with Crippen molar-refractivity contribution in [3.63, 3.8) is 0 Å². The summed E-state index contributed by atoms with van der Waals surface area (Å²) in [5, 5.41) is 0. The van der Waals surface area contributed by atoms with Gasteiger partial charge in [-0.3, -0.25) is 4.79 Å². The topological polar surface area (TPSA) is 17.1 Å². The Morgan fingerprint density at radius 3 is 2.50 bits per heavy atom. The third-order valence-electron chi connectivity index (χ3n) is 2.09. The summed E-state index contributed by atoms with van der Waals surface area (Å²) < 4.78 is 12.8. The smallest absolute Gasteiger partial charge is 0.142 e. The van der Waals surface area contributed by atoms with Gasteiger partial charge in [0.25, 0.3) is 0 Å². The lowest BCUT2D eigenvalue weighted by molar-refractivity contribution is -0.125. The Bertz CT molecular complexity index is 336. The summed E-state index contributed by atoms with van der Waals surface area (Å²) >= 11 is 0. The van der Waals surface area contributed by atoms with E-state index < -0.39 is 0 Å². The van der Waals surface area contributed by atoms with E-state index in [0.29, 0.717) is 6.42 Å². The highest BCUT2D eigenvalue weighted by molar-refractivity contribution is 5.85. The van der Waals surface area contributed by atoms with Gasteiger partial charge in [0.1, 0.15) is 11.6 Å². The number of rotatable bonds is 2. The van der Waals surface area contributed by atoms with Gasteiger partial charge in [0.2, 0.25) is 0 Å². The van der Waals surface area contributed by atoms with Crippen LogP contribution in [0.3, 0.4) is 0 Å². The van der Waals surface area contributed by atoms with Crippen LogP contribution >= 0.6 is 0 Å². The lowest BCUT2D eigenvalue weighted by atomic mass is 9.87. The summed E-state index contributed by atoms with van der Waals surface area (Å²) in [6, 6.07) is 6.18. The molecule has 0 saturated carbocycles. The first-order chi connectivity index (χ1) is 6.39. The molecule has 0 atom stereocenters. The van der Waals surface area contributed by atoms with Crippen molar-refractivity contribution < 1.29 is 9.18 Å². The van der Waals surface area contributed by atoms with Crippen molar-refractivity contribution >= 4 is 5.78 Å². The number of Topliss-reactive ketones (excluding diaryl/α,β-unsaturated/α-hetero) is 1. The fourth-order valence-corrected chi connectivity index (χ4v) is 1.10. The maximum atomic E-state index is 12.8. The van der Waals surface area contributed by atoms with Crippen LogP contribution < -0.4 is 0 Å². The number of carbonyl (C=O) groups excluding carboxylic acids is 1. The zero-order valence-electron chi connectivity index (χ0n) is 8.80. The maximum absolute atomic E-state index is 12.8. The van der Waals surface area contributed by atoms with E-state index in [4.69, 9.17) is 0 Å². The van der Waals surface area contributed by atoms with E-state index in [2.05, 4.69) is 0 Å². The minimum Gasteiger partial charge on any atom is -0.299 e. The van der Waals surface area contributed by atoms with Crippen molar-refractivity contribution in [3.05, 3.63) is 35.6 Å². The predicted octanol–water partition coefficient (Wildman–Crippen LogP) is 2.98. The molecule has 0 bridgehead atoms. The fraction of sp³-hybridized carbons (Fsp3) is 0.417. The Kier molecular flexibility index (Phi) is 3.04. The van der Waals surface area contributed by atoms with E-state index in [0.717, 1.165) is 5.56 Å². The van der Waals surface area contributed by atoms with Crippen molar-refractivity contribution in [3.8, 4) is 0 Å². The maximum Gasteiger partial charge on any atom is 0.142 e. The van der Waals surface area contributed by atoms with Crippen LogP contribution in [0.5, 0.6) is 0 Å². The van der Waals surface area contributed by atoms with Gasteiger partial charge in [-0.15, -0.1) is 0 Å². The number of hydrogen-bond donors (Lipinski definition) is 0. The van der Waals surface area contributed by atoms with E-state index in [1.165, 1.54) is 12.1 Å². The number of carbonyl (C=O) groups is 1. The second-order valence-corrected chi connectivity index (χ2v) is 4.48. The molecule has 0 N–H and O–H groups in total. The first-order valence-corrected chi connectivity index (χ1v) is 4.67. The molecule has 14 heavy (non-hydrogen) atoms. The lowest BCUT2D eigenvalue weighted by Gasteiger charge is -2.16. The van der Waals surface area contributed by atoms with Crippen LogP contribution in [-0.2, 0) is 11.2 Å². The largest absolute Gasteiger partial charge is 0.299 e. The molecule has 0 heterocycles. The minimum absolute atomic E-state index is 0.128. The molecular formula is C12H15FO. The summed E-state index contributed by atoms with van der Waals surface area (Å²) in [6.45, 7) is 5.61. The van der Waals surface area contributed by atoms with Crippen molar-refractivity contribution in [2.24, 2.45) is 5.41 Å². The zero-order chi connectivity index (χ0) is 10.8. The summed E-state index contributed by atoms with van der Waals surface area (Å²) in [5.41, 5.74) is 0.386. The van der Waals surface area contributed by atoms with Gasteiger partial charge >= 0.3 is 0 Å². The van der Waals surface area contributed by atoms with Crippen LogP contribution in [0, 0.1) is 11.2 Å². The molecule has 0 spiro atoms. The highest BCUT2D eigenvalue weighted by atomic mass is 19.1. The van der Waals surface area contributed by atoms with Gasteiger partial charge in [0, 0.05) is 11.8 Å². The minimum atomic E-state index is -0.355. The van der Waals surface area contributed by atoms with Crippen LogP contribution in [0.25, 0.3) is 0 Å². The molecule has 0 saturated heterocycles. The Morgan fingerprint density at radius 2 is 2.00 bits per heavy atom. The monoisotopic (exact) mass is 194 g/mol. The molecule has 2 heteroatoms. The SMILES string of the molecule is CC(C)(C)C(=O)Cc1cccc(F)c1. The normalized spacial score (nSPS) is 11.4. The Hall–Kier alpha value is -1.18. The first-order valence-electron chi connectivity index (χ1n) is 4.67. The van der Waals surface area contributed by atoms with Crippen molar-refractivity contribution in [2.45, 2.75) is 27.2 Å². The second kappa shape index (κ2) is 3.91. The number of halogens is 1. The first kappa shape index (κ1) is 10.9. The third-order valence-corrected chi connectivity index (χ3v) is 2.09. The average Bonchev–Trinajstić information content (AvgIpc) is 2.02. The second-order valence-electron chi connectivity index (χ2n) is 4.48. The fourth-order valence-electron chi connectivity index (χ4n) is 1.10. The molecule has 0 aliphatic carbocycles. The molecule has 1 aromatic rings. The quantitative estimate of drug-likeness (QED) is 0.707. The average molecular weight is 194 g/mol. The molecule has 0 radical (unpaired) electrons. The van der Waals surface area contributed by atoms with Crippen LogP contribution in [0.4, 0.5) is 4.39 Å². The molecule has 1 rings (SSSR count). The molecule has 0 fully saturated rings. The zero-order valence-corrected chi connectivity index (χ0v) is 8.80. The standard InChI is InChI=1S/C12H15FO/c1-12(2,3)11(14)8-9-5-4-6-10(13)7-9/h4-7H,8H2,1-3H3. The third kappa shape index (κ3) is 2.95. The van der Waals surface area contributed by atoms with E-state index in [1.807, 2.05) is 20.8 Å². The highest BCUT2D eigenvalue weighted by Gasteiger charge is 2.20. The molecule has 0 aliphatic rings. The Balaban J connectivity index is 2.75. The van der Waals surface area contributed by atoms with Crippen molar-refractivity contribution in [1.29, 1.82) is 0 Å². The van der Waals surface area contributed by atoms with Crippen molar-refractivity contribution in [1.82, 2.24) is 0 Å². The van der Waals surface area contributed by atoms with Gasteiger partial charge in [0.15, 0.2) is 0 Å². The molecule has 0 amide bonds. The van der Waals surface area contributed by atoms with Gasteiger partial charge in [-0.2, -0.15) is 0 Å². The van der Waals surface area contributed by atoms with E-state index >= 15 is 0 Å². The molecule has 1 aromatic carbocycles. The van der Waals surface area contributed by atoms with E-state index in [-0.39, 0.29) is 17.0 Å². The summed E-state index contributed by atoms with van der Waals surface area (Å²) in [5.74, 6) is -0.160. The van der Waals surface area contributed by atoms with Gasteiger partial charge in [-0.05, 0) is 17.7 Å². The van der Waals surface area contributed by atoms with E-state index in [1.54, 1.807) is 12.1 Å². The van der Waals surface area contributed by atoms with Gasteiger partial charge in [-0.1, -0.05) is 32.9 Å². The number of hydrogen-bond acceptors (Lipinski definition) is 1. The van der Waals surface area contributed by atoms with Crippen LogP contribution in [0.1, 0.15) is 26.3 Å². The number of ketones is 1. The Morgan fingerprint density at radius 1 is 1.36 bits per heavy atom. The van der Waals surface area contributed by atoms with Crippen molar-refractivity contribution in [2.75, 3.05) is 0 Å².